The zero-order valence-electron chi connectivity index (χ0n) is 9.63. The first-order valence-electron chi connectivity index (χ1n) is 4.85. The lowest BCUT2D eigenvalue weighted by molar-refractivity contribution is -0.142. The topological polar surface area (TPSA) is 91.8 Å². The zero-order chi connectivity index (χ0) is 12.9. The fraction of sp³-hybridized carbons (Fsp3) is 0.778. The van der Waals surface area contributed by atoms with Crippen LogP contribution in [0.2, 0.25) is 0 Å². The van der Waals surface area contributed by atoms with Gasteiger partial charge < -0.3 is 10.0 Å². The molecule has 0 aliphatic carbocycles. The van der Waals surface area contributed by atoms with Crippen LogP contribution in [-0.4, -0.2) is 55.4 Å². The number of carbonyl (C=O) groups excluding carboxylic acids is 1. The van der Waals surface area contributed by atoms with E-state index in [1.54, 1.807) is 6.92 Å². The standard InChI is InChI=1S/C9H17NO5S/c1-4-10(5-7(2)9(12)13)8(11)6-16(3,14)15/h7H,4-6H2,1-3H3,(H,12,13). The van der Waals surface area contributed by atoms with Crippen LogP contribution in [0.1, 0.15) is 13.8 Å². The third kappa shape index (κ3) is 5.69. The van der Waals surface area contributed by atoms with Crippen molar-refractivity contribution in [2.45, 2.75) is 13.8 Å². The van der Waals surface area contributed by atoms with Crippen LogP contribution in [0.5, 0.6) is 0 Å². The molecule has 0 fully saturated rings. The molecular formula is C9H17NO5S. The van der Waals surface area contributed by atoms with Gasteiger partial charge in [-0.05, 0) is 6.92 Å². The number of sulfone groups is 1. The molecular weight excluding hydrogens is 234 g/mol. The summed E-state index contributed by atoms with van der Waals surface area (Å²) in [5, 5.41) is 8.68. The highest BCUT2D eigenvalue weighted by molar-refractivity contribution is 7.91. The van der Waals surface area contributed by atoms with Crippen molar-refractivity contribution in [3.63, 3.8) is 0 Å². The van der Waals surface area contributed by atoms with E-state index in [0.29, 0.717) is 6.54 Å². The Morgan fingerprint density at radius 1 is 1.38 bits per heavy atom. The maximum absolute atomic E-state index is 11.5. The van der Waals surface area contributed by atoms with Gasteiger partial charge in [-0.2, -0.15) is 0 Å². The summed E-state index contributed by atoms with van der Waals surface area (Å²) < 4.78 is 21.8. The number of rotatable bonds is 6. The minimum absolute atomic E-state index is 0.0280. The Morgan fingerprint density at radius 2 is 1.88 bits per heavy atom. The fourth-order valence-corrected chi connectivity index (χ4v) is 1.76. The van der Waals surface area contributed by atoms with Gasteiger partial charge in [-0.3, -0.25) is 9.59 Å². The Labute approximate surface area is 95.2 Å². The monoisotopic (exact) mass is 251 g/mol. The van der Waals surface area contributed by atoms with Gasteiger partial charge in [0.2, 0.25) is 5.91 Å². The van der Waals surface area contributed by atoms with Crippen LogP contribution in [-0.2, 0) is 19.4 Å². The molecule has 7 heteroatoms. The van der Waals surface area contributed by atoms with Gasteiger partial charge in [0, 0.05) is 19.3 Å². The molecule has 1 unspecified atom stereocenters. The molecule has 0 aliphatic heterocycles. The average Bonchev–Trinajstić information content (AvgIpc) is 2.10. The Morgan fingerprint density at radius 3 is 2.19 bits per heavy atom. The number of amides is 1. The molecule has 0 rings (SSSR count). The molecule has 6 nitrogen and oxygen atoms in total. The van der Waals surface area contributed by atoms with Gasteiger partial charge in [-0.25, -0.2) is 8.42 Å². The second-order valence-corrected chi connectivity index (χ2v) is 5.88. The molecule has 16 heavy (non-hydrogen) atoms. The summed E-state index contributed by atoms with van der Waals surface area (Å²) in [6.07, 6.45) is 0.972. The Bertz CT molecular complexity index is 362. The number of carboxylic acid groups (broad SMARTS) is 1. The average molecular weight is 251 g/mol. The number of nitrogens with zero attached hydrogens (tertiary/aromatic N) is 1. The summed E-state index contributed by atoms with van der Waals surface area (Å²) in [4.78, 5) is 23.3. The lowest BCUT2D eigenvalue weighted by atomic mass is 10.2. The molecule has 0 radical (unpaired) electrons. The van der Waals surface area contributed by atoms with Crippen LogP contribution in [0.15, 0.2) is 0 Å². The van der Waals surface area contributed by atoms with Gasteiger partial charge >= 0.3 is 5.97 Å². The highest BCUT2D eigenvalue weighted by Crippen LogP contribution is 2.02. The second kappa shape index (κ2) is 5.83. The van der Waals surface area contributed by atoms with Crippen molar-refractivity contribution in [2.75, 3.05) is 25.1 Å². The molecule has 0 spiro atoms. The van der Waals surface area contributed by atoms with E-state index in [1.165, 1.54) is 11.8 Å². The van der Waals surface area contributed by atoms with Crippen molar-refractivity contribution in [3.8, 4) is 0 Å². The van der Waals surface area contributed by atoms with Crippen LogP contribution >= 0.6 is 0 Å². The van der Waals surface area contributed by atoms with E-state index in [2.05, 4.69) is 0 Å². The van der Waals surface area contributed by atoms with Gasteiger partial charge in [0.25, 0.3) is 0 Å². The number of carbonyl (C=O) groups is 2. The van der Waals surface area contributed by atoms with E-state index in [-0.39, 0.29) is 6.54 Å². The first-order chi connectivity index (χ1) is 7.17. The summed E-state index contributed by atoms with van der Waals surface area (Å²) in [7, 11) is -3.37. The van der Waals surface area contributed by atoms with Crippen LogP contribution in [0.4, 0.5) is 0 Å². The van der Waals surface area contributed by atoms with Gasteiger partial charge in [0.15, 0.2) is 9.84 Å². The largest absolute Gasteiger partial charge is 0.481 e. The number of hydrogen-bond acceptors (Lipinski definition) is 4. The molecule has 0 aliphatic rings. The predicted molar refractivity (Wildman–Crippen MR) is 58.8 cm³/mol. The Hall–Kier alpha value is -1.11. The summed E-state index contributed by atoms with van der Waals surface area (Å²) in [5.74, 6) is -2.85. The van der Waals surface area contributed by atoms with Gasteiger partial charge in [-0.1, -0.05) is 6.92 Å². The van der Waals surface area contributed by atoms with Crippen LogP contribution < -0.4 is 0 Å². The lowest BCUT2D eigenvalue weighted by Crippen LogP contribution is -2.39. The first-order valence-corrected chi connectivity index (χ1v) is 6.91. The number of hydrogen-bond donors (Lipinski definition) is 1. The zero-order valence-corrected chi connectivity index (χ0v) is 10.5. The highest BCUT2D eigenvalue weighted by Gasteiger charge is 2.21. The van der Waals surface area contributed by atoms with Gasteiger partial charge in [0.05, 0.1) is 5.92 Å². The molecule has 0 heterocycles. The van der Waals surface area contributed by atoms with Crippen molar-refractivity contribution in [3.05, 3.63) is 0 Å². The summed E-state index contributed by atoms with van der Waals surface area (Å²) >= 11 is 0. The maximum Gasteiger partial charge on any atom is 0.308 e. The molecule has 1 atom stereocenters. The molecule has 0 saturated carbocycles. The smallest absolute Gasteiger partial charge is 0.308 e. The van der Waals surface area contributed by atoms with Crippen molar-refractivity contribution < 1.29 is 23.1 Å². The molecule has 1 amide bonds. The third-order valence-electron chi connectivity index (χ3n) is 2.04. The van der Waals surface area contributed by atoms with Crippen LogP contribution in [0.3, 0.4) is 0 Å². The maximum atomic E-state index is 11.5. The van der Waals surface area contributed by atoms with Crippen molar-refractivity contribution >= 4 is 21.7 Å². The molecule has 0 aromatic carbocycles. The van der Waals surface area contributed by atoms with E-state index in [9.17, 15) is 18.0 Å². The molecule has 1 N–H and O–H groups in total. The fourth-order valence-electron chi connectivity index (χ4n) is 1.13. The normalized spacial score (nSPS) is 13.2. The van der Waals surface area contributed by atoms with E-state index in [1.807, 2.05) is 0 Å². The number of aliphatic carboxylic acids is 1. The minimum Gasteiger partial charge on any atom is -0.481 e. The van der Waals surface area contributed by atoms with E-state index in [0.717, 1.165) is 6.26 Å². The second-order valence-electron chi connectivity index (χ2n) is 3.74. The summed E-state index contributed by atoms with van der Waals surface area (Å²) in [6.45, 7) is 3.47. The summed E-state index contributed by atoms with van der Waals surface area (Å²) in [6, 6.07) is 0. The molecule has 0 saturated heterocycles. The molecule has 94 valence electrons. The lowest BCUT2D eigenvalue weighted by Gasteiger charge is -2.22. The quantitative estimate of drug-likeness (QED) is 0.693. The number of carboxylic acids is 1. The van der Waals surface area contributed by atoms with Crippen LogP contribution in [0, 0.1) is 5.92 Å². The van der Waals surface area contributed by atoms with E-state index < -0.39 is 33.4 Å². The van der Waals surface area contributed by atoms with Crippen LogP contribution in [0.25, 0.3) is 0 Å². The third-order valence-corrected chi connectivity index (χ3v) is 2.81. The van der Waals surface area contributed by atoms with Crippen molar-refractivity contribution in [1.82, 2.24) is 4.90 Å². The molecule has 0 bridgehead atoms. The van der Waals surface area contributed by atoms with Gasteiger partial charge in [-0.15, -0.1) is 0 Å². The first kappa shape index (κ1) is 14.9. The Balaban J connectivity index is 4.51. The highest BCUT2D eigenvalue weighted by atomic mass is 32.2. The van der Waals surface area contributed by atoms with Crippen molar-refractivity contribution in [1.29, 1.82) is 0 Å². The molecule has 0 aromatic rings. The summed E-state index contributed by atoms with van der Waals surface area (Å²) in [5.41, 5.74) is 0. The van der Waals surface area contributed by atoms with Crippen molar-refractivity contribution in [2.24, 2.45) is 5.92 Å². The van der Waals surface area contributed by atoms with Gasteiger partial charge in [0.1, 0.15) is 5.75 Å². The van der Waals surface area contributed by atoms with E-state index in [4.69, 9.17) is 5.11 Å². The predicted octanol–water partition coefficient (Wildman–Crippen LogP) is -0.400. The SMILES string of the molecule is CCN(CC(C)C(=O)O)C(=O)CS(C)(=O)=O. The Kier molecular flexibility index (Phi) is 5.43. The molecule has 0 aromatic heterocycles. The van der Waals surface area contributed by atoms with E-state index >= 15 is 0 Å². The minimum atomic E-state index is -3.37.